The number of fused-ring (bicyclic) bond motifs is 2. The lowest BCUT2D eigenvalue weighted by Crippen LogP contribution is -1.96. The van der Waals surface area contributed by atoms with E-state index in [0.29, 0.717) is 10.6 Å². The van der Waals surface area contributed by atoms with Crippen molar-refractivity contribution in [1.82, 2.24) is 0 Å². The Kier molecular flexibility index (Phi) is 4.08. The Balaban J connectivity index is 1.86. The van der Waals surface area contributed by atoms with Crippen molar-refractivity contribution in [2.45, 2.75) is 17.6 Å². The lowest BCUT2D eigenvalue weighted by Gasteiger charge is -2.09. The minimum Gasteiger partial charge on any atom is -0.497 e. The number of hydrogen-bond donors (Lipinski definition) is 0. The van der Waals surface area contributed by atoms with Gasteiger partial charge in [0.2, 0.25) is 6.79 Å². The summed E-state index contributed by atoms with van der Waals surface area (Å²) in [6.07, 6.45) is 1.89. The van der Waals surface area contributed by atoms with Gasteiger partial charge in [0, 0.05) is 16.3 Å². The summed E-state index contributed by atoms with van der Waals surface area (Å²) in [5, 5.41) is 0.980. The Hall–Kier alpha value is -2.25. The van der Waals surface area contributed by atoms with Gasteiger partial charge >= 0.3 is 0 Å². The molecule has 5 nitrogen and oxygen atoms in total. The summed E-state index contributed by atoms with van der Waals surface area (Å²) in [5.41, 5.74) is 2.89. The van der Waals surface area contributed by atoms with E-state index < -0.39 is 9.84 Å². The highest BCUT2D eigenvalue weighted by Crippen LogP contribution is 2.40. The molecule has 0 spiro atoms. The van der Waals surface area contributed by atoms with E-state index in [9.17, 15) is 8.42 Å². The Bertz CT molecular complexity index is 1110. The largest absolute Gasteiger partial charge is 0.497 e. The summed E-state index contributed by atoms with van der Waals surface area (Å²) in [7, 11) is -1.66. The Morgan fingerprint density at radius 3 is 2.65 bits per heavy atom. The second-order valence-corrected chi connectivity index (χ2v) is 9.57. The van der Waals surface area contributed by atoms with Gasteiger partial charge in [-0.2, -0.15) is 0 Å². The van der Waals surface area contributed by atoms with Gasteiger partial charge in [-0.1, -0.05) is 6.07 Å². The van der Waals surface area contributed by atoms with Gasteiger partial charge in [0.05, 0.1) is 7.11 Å². The van der Waals surface area contributed by atoms with Crippen LogP contribution in [0.15, 0.2) is 34.5 Å². The average molecular weight is 390 g/mol. The van der Waals surface area contributed by atoms with Crippen LogP contribution in [0.5, 0.6) is 17.2 Å². The minimum absolute atomic E-state index is 0.240. The lowest BCUT2D eigenvalue weighted by molar-refractivity contribution is 0.174. The van der Waals surface area contributed by atoms with Gasteiger partial charge in [0.1, 0.15) is 9.96 Å². The number of rotatable bonds is 4. The standard InChI is InChI=1S/C19H18O5S2/c1-11-18-13(6-12-4-5-15-16(7-12)24-10-23-15)8-14(22-2)9-17(18)25-19(11)26(3,20)21/h4-5,7-9H,6,10H2,1-3H3. The van der Waals surface area contributed by atoms with E-state index in [2.05, 4.69) is 0 Å². The van der Waals surface area contributed by atoms with Crippen molar-refractivity contribution in [1.29, 1.82) is 0 Å². The van der Waals surface area contributed by atoms with Gasteiger partial charge in [-0.05, 0) is 54.3 Å². The molecule has 136 valence electrons. The molecule has 0 bridgehead atoms. The fourth-order valence-corrected chi connectivity index (χ4v) is 5.86. The molecule has 0 unspecified atom stereocenters. The Morgan fingerprint density at radius 2 is 1.92 bits per heavy atom. The first-order valence-corrected chi connectivity index (χ1v) is 10.8. The van der Waals surface area contributed by atoms with Gasteiger partial charge in [0.15, 0.2) is 21.3 Å². The molecule has 1 aliphatic rings. The van der Waals surface area contributed by atoms with E-state index >= 15 is 0 Å². The quantitative estimate of drug-likeness (QED) is 0.675. The Labute approximate surface area is 156 Å². The minimum atomic E-state index is -3.27. The number of methoxy groups -OCH3 is 1. The van der Waals surface area contributed by atoms with Crippen LogP contribution in [-0.2, 0) is 16.3 Å². The van der Waals surface area contributed by atoms with Crippen molar-refractivity contribution >= 4 is 31.3 Å². The van der Waals surface area contributed by atoms with E-state index in [1.54, 1.807) is 7.11 Å². The second kappa shape index (κ2) is 6.17. The van der Waals surface area contributed by atoms with Crippen LogP contribution in [0.4, 0.5) is 0 Å². The summed E-state index contributed by atoms with van der Waals surface area (Å²) in [6, 6.07) is 9.73. The molecule has 0 atom stereocenters. The van der Waals surface area contributed by atoms with Crippen LogP contribution in [0, 0.1) is 6.92 Å². The first kappa shape index (κ1) is 17.2. The van der Waals surface area contributed by atoms with Crippen molar-refractivity contribution in [3.05, 3.63) is 47.0 Å². The van der Waals surface area contributed by atoms with E-state index in [-0.39, 0.29) is 6.79 Å². The van der Waals surface area contributed by atoms with E-state index in [1.165, 1.54) is 17.6 Å². The zero-order valence-corrected chi connectivity index (χ0v) is 16.3. The molecule has 7 heteroatoms. The molecule has 1 aromatic heterocycles. The molecule has 3 aromatic rings. The normalized spacial score (nSPS) is 13.3. The monoisotopic (exact) mass is 390 g/mol. The maximum Gasteiger partial charge on any atom is 0.231 e. The average Bonchev–Trinajstić information content (AvgIpc) is 3.18. The molecular weight excluding hydrogens is 372 g/mol. The van der Waals surface area contributed by atoms with Crippen molar-refractivity contribution in [2.75, 3.05) is 20.2 Å². The highest BCUT2D eigenvalue weighted by molar-refractivity contribution is 7.93. The van der Waals surface area contributed by atoms with Crippen LogP contribution in [0.25, 0.3) is 10.1 Å². The fourth-order valence-electron chi connectivity index (χ4n) is 3.31. The zero-order valence-electron chi connectivity index (χ0n) is 14.7. The predicted molar refractivity (Wildman–Crippen MR) is 102 cm³/mol. The number of aryl methyl sites for hydroxylation is 1. The molecule has 0 fully saturated rings. The lowest BCUT2D eigenvalue weighted by atomic mass is 9.99. The van der Waals surface area contributed by atoms with Crippen molar-refractivity contribution in [3.8, 4) is 17.2 Å². The maximum absolute atomic E-state index is 12.1. The van der Waals surface area contributed by atoms with Crippen molar-refractivity contribution in [3.63, 3.8) is 0 Å². The highest BCUT2D eigenvalue weighted by Gasteiger charge is 2.21. The van der Waals surface area contributed by atoms with E-state index in [0.717, 1.165) is 44.0 Å². The summed E-state index contributed by atoms with van der Waals surface area (Å²) in [4.78, 5) is 0. The molecule has 0 radical (unpaired) electrons. The van der Waals surface area contributed by atoms with Crippen LogP contribution >= 0.6 is 11.3 Å². The number of sulfone groups is 1. The smallest absolute Gasteiger partial charge is 0.231 e. The van der Waals surface area contributed by atoms with Gasteiger partial charge in [-0.25, -0.2) is 8.42 Å². The first-order valence-electron chi connectivity index (χ1n) is 8.05. The first-order chi connectivity index (χ1) is 12.4. The van der Waals surface area contributed by atoms with E-state index in [4.69, 9.17) is 14.2 Å². The SMILES string of the molecule is COc1cc(Cc2ccc3c(c2)OCO3)c2c(C)c(S(C)(=O)=O)sc2c1. The van der Waals surface area contributed by atoms with Crippen molar-refractivity contribution in [2.24, 2.45) is 0 Å². The molecule has 0 aliphatic carbocycles. The summed E-state index contributed by atoms with van der Waals surface area (Å²) < 4.78 is 41.8. The second-order valence-electron chi connectivity index (χ2n) is 6.31. The molecule has 2 aromatic carbocycles. The number of thiophene rings is 1. The number of ether oxygens (including phenoxy) is 3. The van der Waals surface area contributed by atoms with Gasteiger partial charge in [-0.15, -0.1) is 11.3 Å². The molecule has 1 aliphatic heterocycles. The summed E-state index contributed by atoms with van der Waals surface area (Å²) in [6.45, 7) is 2.11. The molecule has 0 saturated carbocycles. The summed E-state index contributed by atoms with van der Waals surface area (Å²) >= 11 is 1.29. The highest BCUT2D eigenvalue weighted by atomic mass is 32.2. The van der Waals surface area contributed by atoms with Crippen LogP contribution in [0.3, 0.4) is 0 Å². The molecule has 0 saturated heterocycles. The summed E-state index contributed by atoms with van der Waals surface area (Å²) in [5.74, 6) is 2.20. The molecule has 0 N–H and O–H groups in total. The van der Waals surface area contributed by atoms with Crippen LogP contribution < -0.4 is 14.2 Å². The van der Waals surface area contributed by atoms with Crippen LogP contribution in [0.2, 0.25) is 0 Å². The number of benzene rings is 2. The van der Waals surface area contributed by atoms with Gasteiger partial charge in [-0.3, -0.25) is 0 Å². The van der Waals surface area contributed by atoms with E-state index in [1.807, 2.05) is 37.3 Å². The third-order valence-electron chi connectivity index (χ3n) is 4.45. The molecule has 2 heterocycles. The van der Waals surface area contributed by atoms with Gasteiger partial charge < -0.3 is 14.2 Å². The van der Waals surface area contributed by atoms with Crippen molar-refractivity contribution < 1.29 is 22.6 Å². The maximum atomic E-state index is 12.1. The molecule has 4 rings (SSSR count). The van der Waals surface area contributed by atoms with Gasteiger partial charge in [0.25, 0.3) is 0 Å². The van der Waals surface area contributed by atoms with Crippen LogP contribution in [0.1, 0.15) is 16.7 Å². The zero-order chi connectivity index (χ0) is 18.5. The number of hydrogen-bond acceptors (Lipinski definition) is 6. The van der Waals surface area contributed by atoms with Crippen LogP contribution in [-0.4, -0.2) is 28.6 Å². The predicted octanol–water partition coefficient (Wildman–Crippen LogP) is 3.94. The Morgan fingerprint density at radius 1 is 1.15 bits per heavy atom. The molecule has 26 heavy (non-hydrogen) atoms. The third-order valence-corrected chi connectivity index (χ3v) is 7.62. The third kappa shape index (κ3) is 2.91. The topological polar surface area (TPSA) is 61.8 Å². The fraction of sp³-hybridized carbons (Fsp3) is 0.263. The molecule has 0 amide bonds. The molecular formula is C19H18O5S2.